The van der Waals surface area contributed by atoms with Gasteiger partial charge in [-0.2, -0.15) is 0 Å². The minimum Gasteiger partial charge on any atom is -0.445 e. The van der Waals surface area contributed by atoms with E-state index in [1.807, 2.05) is 68.4 Å². The topological polar surface area (TPSA) is 184 Å². The van der Waals surface area contributed by atoms with E-state index >= 15 is 4.39 Å². The molecule has 2 heterocycles. The van der Waals surface area contributed by atoms with Gasteiger partial charge in [-0.05, 0) is 135 Å². The lowest BCUT2D eigenvalue weighted by Crippen LogP contribution is -2.51. The lowest BCUT2D eigenvalue weighted by molar-refractivity contribution is 0.0544. The first-order valence-corrected chi connectivity index (χ1v) is 21.7. The number of carbonyl (C=O) groups excluding carboxylic acids is 4. The molecule has 2 aliphatic heterocycles. The summed E-state index contributed by atoms with van der Waals surface area (Å²) in [6, 6.07) is 19.9. The molecule has 64 heavy (non-hydrogen) atoms. The Hall–Kier alpha value is -6.13. The van der Waals surface area contributed by atoms with E-state index in [-0.39, 0.29) is 42.2 Å². The van der Waals surface area contributed by atoms with Gasteiger partial charge in [-0.3, -0.25) is 20.5 Å². The van der Waals surface area contributed by atoms with E-state index in [9.17, 15) is 19.2 Å². The molecule has 0 saturated carbocycles. The highest BCUT2D eigenvalue weighted by Crippen LogP contribution is 2.33. The summed E-state index contributed by atoms with van der Waals surface area (Å²) in [6.07, 6.45) is 3.54. The van der Waals surface area contributed by atoms with Crippen molar-refractivity contribution >= 4 is 53.3 Å². The summed E-state index contributed by atoms with van der Waals surface area (Å²) in [7, 11) is 0. The molecule has 0 spiro atoms. The summed E-state index contributed by atoms with van der Waals surface area (Å²) in [5.74, 6) is -0.645. The number of amides is 5. The molecule has 0 fully saturated rings. The molecule has 6 N–H and O–H groups in total. The van der Waals surface area contributed by atoms with Gasteiger partial charge in [0.05, 0.1) is 10.7 Å². The van der Waals surface area contributed by atoms with Gasteiger partial charge >= 0.3 is 24.3 Å². The second kappa shape index (κ2) is 22.0. The summed E-state index contributed by atoms with van der Waals surface area (Å²) < 4.78 is 31.4. The minimum absolute atomic E-state index is 0.00740. The van der Waals surface area contributed by atoms with Crippen LogP contribution in [0.15, 0.2) is 89.6 Å². The van der Waals surface area contributed by atoms with Gasteiger partial charge in [0.1, 0.15) is 24.0 Å². The number of hydrogen-bond acceptors (Lipinski definition) is 10. The molecule has 3 aromatic carbocycles. The van der Waals surface area contributed by atoms with Gasteiger partial charge in [0, 0.05) is 41.7 Å². The monoisotopic (exact) mass is 902 g/mol. The van der Waals surface area contributed by atoms with Crippen LogP contribution in [0, 0.1) is 5.82 Å². The summed E-state index contributed by atoms with van der Waals surface area (Å²) in [5, 5.41) is 17.4. The Kier molecular flexibility index (Phi) is 16.8. The number of fused-ring (bicyclic) bond motifs is 1. The highest BCUT2D eigenvalue weighted by Gasteiger charge is 2.32. The number of halogens is 2. The Balaban J connectivity index is 1.13. The van der Waals surface area contributed by atoms with Crippen molar-refractivity contribution in [2.75, 3.05) is 18.0 Å². The van der Waals surface area contributed by atoms with Crippen molar-refractivity contribution in [1.29, 1.82) is 0 Å². The van der Waals surface area contributed by atoms with Gasteiger partial charge in [0.2, 0.25) is 5.96 Å². The molecule has 1 unspecified atom stereocenters. The maximum Gasteiger partial charge on any atom is 0.414 e. The van der Waals surface area contributed by atoms with Crippen molar-refractivity contribution in [3.63, 3.8) is 0 Å². The predicted octanol–water partition coefficient (Wildman–Crippen LogP) is 8.95. The van der Waals surface area contributed by atoms with Crippen LogP contribution >= 0.6 is 11.6 Å². The third kappa shape index (κ3) is 15.3. The summed E-state index contributed by atoms with van der Waals surface area (Å²) in [6.45, 7) is 15.3. The molecule has 17 heteroatoms. The SMILES string of the molecule is C[C@H](NCCCN=C(NC(=O)OC(C)(C)C)NC(=O)OC(C)(C)C)c1ccc(N2C=C3C=C(c4cc(CCC[C@H](C)NC(=O)OCc5ccccc5)cc(Cl)c4F)NC3NC2=O)cc1. The third-order valence-electron chi connectivity index (χ3n) is 9.73. The number of urea groups is 1. The molecule has 0 bridgehead atoms. The first kappa shape index (κ1) is 48.9. The number of carbonyl (C=O) groups is 4. The Morgan fingerprint density at radius 1 is 0.875 bits per heavy atom. The smallest absolute Gasteiger partial charge is 0.414 e. The zero-order chi connectivity index (χ0) is 46.6. The standard InChI is InChI=1S/C47H60ClFN8O7/c1-29(52-43(59)62-28-31-15-10-9-11-16-31)14-12-17-32-24-36(39(49)37(48)25-32)38-26-34-27-57(42(58)54-40(34)53-38)35-20-18-33(19-21-35)30(2)50-22-13-23-51-41(55-44(60)63-46(3,4)5)56-45(61)64-47(6,7)8/h9-11,15-16,18-21,24-27,29-30,40,50,53H,12-14,17,22-23,28H2,1-8H3,(H,52,59)(H,54,58)(H2,51,55,56,60,61)/t29-,30-,40?/m0/s1. The summed E-state index contributed by atoms with van der Waals surface area (Å²) >= 11 is 6.38. The van der Waals surface area contributed by atoms with Crippen LogP contribution in [-0.4, -0.2) is 66.8 Å². The van der Waals surface area contributed by atoms with Gasteiger partial charge in [-0.15, -0.1) is 0 Å². The van der Waals surface area contributed by atoms with Crippen LogP contribution in [-0.2, 0) is 27.2 Å². The summed E-state index contributed by atoms with van der Waals surface area (Å²) in [4.78, 5) is 56.2. The Morgan fingerprint density at radius 3 is 2.17 bits per heavy atom. The van der Waals surface area contributed by atoms with Crippen molar-refractivity contribution < 1.29 is 37.8 Å². The Labute approximate surface area is 379 Å². The lowest BCUT2D eigenvalue weighted by Gasteiger charge is -2.29. The molecule has 344 valence electrons. The van der Waals surface area contributed by atoms with Gasteiger partial charge in [-0.25, -0.2) is 23.6 Å². The van der Waals surface area contributed by atoms with Crippen molar-refractivity contribution in [3.8, 4) is 0 Å². The number of hydrogen-bond donors (Lipinski definition) is 6. The van der Waals surface area contributed by atoms with E-state index in [1.165, 1.54) is 4.90 Å². The van der Waals surface area contributed by atoms with Crippen LogP contribution in [0.5, 0.6) is 0 Å². The second-order valence-electron chi connectivity index (χ2n) is 17.6. The zero-order valence-electron chi connectivity index (χ0n) is 37.7. The lowest BCUT2D eigenvalue weighted by atomic mass is 10.0. The normalized spacial score (nSPS) is 15.6. The van der Waals surface area contributed by atoms with Crippen molar-refractivity contribution in [2.24, 2.45) is 4.99 Å². The molecule has 3 aromatic rings. The average Bonchev–Trinajstić information content (AvgIpc) is 3.62. The van der Waals surface area contributed by atoms with Crippen LogP contribution in [0.4, 0.5) is 29.3 Å². The molecule has 3 atom stereocenters. The van der Waals surface area contributed by atoms with Gasteiger partial charge in [0.15, 0.2) is 5.82 Å². The third-order valence-corrected chi connectivity index (χ3v) is 10.0. The molecule has 0 radical (unpaired) electrons. The summed E-state index contributed by atoms with van der Waals surface area (Å²) in [5.41, 5.74) is 3.40. The molecular weight excluding hydrogens is 843 g/mol. The number of benzene rings is 3. The Morgan fingerprint density at radius 2 is 1.53 bits per heavy atom. The quantitative estimate of drug-likeness (QED) is 0.0375. The van der Waals surface area contributed by atoms with Gasteiger partial charge < -0.3 is 35.5 Å². The van der Waals surface area contributed by atoms with E-state index in [0.717, 1.165) is 22.3 Å². The highest BCUT2D eigenvalue weighted by atomic mass is 35.5. The number of aryl methyl sites for hydroxylation is 1. The van der Waals surface area contributed by atoms with E-state index in [2.05, 4.69) is 36.9 Å². The highest BCUT2D eigenvalue weighted by molar-refractivity contribution is 6.31. The fourth-order valence-corrected chi connectivity index (χ4v) is 6.93. The van der Waals surface area contributed by atoms with Crippen molar-refractivity contribution in [1.82, 2.24) is 31.9 Å². The fraction of sp³-hybridized carbons (Fsp3) is 0.426. The van der Waals surface area contributed by atoms with E-state index in [4.69, 9.17) is 25.8 Å². The second-order valence-corrected chi connectivity index (χ2v) is 18.0. The molecule has 15 nitrogen and oxygen atoms in total. The average molecular weight is 903 g/mol. The van der Waals surface area contributed by atoms with Crippen LogP contribution in [0.1, 0.15) is 103 Å². The predicted molar refractivity (Wildman–Crippen MR) is 246 cm³/mol. The Bertz CT molecular complexity index is 2190. The number of alkyl carbamates (subject to hydrolysis) is 3. The number of nitrogens with zero attached hydrogens (tertiary/aromatic N) is 2. The first-order valence-electron chi connectivity index (χ1n) is 21.4. The van der Waals surface area contributed by atoms with Crippen LogP contribution in [0.25, 0.3) is 5.70 Å². The molecule has 5 amide bonds. The molecule has 0 aromatic heterocycles. The molecule has 5 rings (SSSR count). The fourth-order valence-electron chi connectivity index (χ4n) is 6.69. The number of aliphatic imine (C=N–C) groups is 1. The van der Waals surface area contributed by atoms with Crippen molar-refractivity contribution in [2.45, 2.75) is 117 Å². The maximum atomic E-state index is 15.5. The maximum absolute atomic E-state index is 15.5. The van der Waals surface area contributed by atoms with Crippen LogP contribution in [0.3, 0.4) is 0 Å². The van der Waals surface area contributed by atoms with E-state index < -0.39 is 41.5 Å². The number of nitrogens with one attached hydrogen (secondary N) is 6. The van der Waals surface area contributed by atoms with E-state index in [0.29, 0.717) is 49.2 Å². The number of guanidine groups is 1. The number of rotatable bonds is 15. The van der Waals surface area contributed by atoms with Crippen LogP contribution < -0.4 is 36.8 Å². The van der Waals surface area contributed by atoms with E-state index in [1.54, 1.807) is 66.0 Å². The van der Waals surface area contributed by atoms with Gasteiger partial charge in [0.25, 0.3) is 0 Å². The number of ether oxygens (including phenoxy) is 3. The number of anilines is 1. The molecule has 0 aliphatic carbocycles. The largest absolute Gasteiger partial charge is 0.445 e. The van der Waals surface area contributed by atoms with Crippen LogP contribution in [0.2, 0.25) is 5.02 Å². The molecule has 0 saturated heterocycles. The molecular formula is C47H60ClFN8O7. The molecule has 2 aliphatic rings. The van der Waals surface area contributed by atoms with Gasteiger partial charge in [-0.1, -0.05) is 54.1 Å². The first-order chi connectivity index (χ1) is 30.2. The minimum atomic E-state index is -0.760. The van der Waals surface area contributed by atoms with Crippen molar-refractivity contribution in [3.05, 3.63) is 118 Å². The zero-order valence-corrected chi connectivity index (χ0v) is 38.5.